The molecule has 30 heavy (non-hydrogen) atoms. The highest BCUT2D eigenvalue weighted by Gasteiger charge is 2.11. The van der Waals surface area contributed by atoms with E-state index in [2.05, 4.69) is 15.4 Å². The fourth-order valence-corrected chi connectivity index (χ4v) is 3.26. The van der Waals surface area contributed by atoms with E-state index in [9.17, 15) is 4.79 Å². The van der Waals surface area contributed by atoms with Gasteiger partial charge in [-0.25, -0.2) is 9.67 Å². The third-order valence-electron chi connectivity index (χ3n) is 4.48. The molecule has 0 fully saturated rings. The van der Waals surface area contributed by atoms with Gasteiger partial charge in [0.1, 0.15) is 0 Å². The second kappa shape index (κ2) is 9.15. The molecule has 4 aromatic rings. The molecule has 6 nitrogen and oxygen atoms in total. The van der Waals surface area contributed by atoms with Crippen molar-refractivity contribution in [3.8, 4) is 17.0 Å². The number of carbonyl (C=O) groups is 1. The summed E-state index contributed by atoms with van der Waals surface area (Å²) in [5.74, 6) is 0.994. The minimum Gasteiger partial charge on any atom is -0.441 e. The molecule has 0 aliphatic rings. The first-order valence-corrected chi connectivity index (χ1v) is 10.1. The molecule has 0 atom stereocenters. The van der Waals surface area contributed by atoms with Gasteiger partial charge in [0, 0.05) is 41.7 Å². The van der Waals surface area contributed by atoms with Gasteiger partial charge < -0.3 is 9.73 Å². The number of nitrogens with one attached hydrogen (secondary N) is 1. The van der Waals surface area contributed by atoms with Gasteiger partial charge in [0.25, 0.3) is 0 Å². The van der Waals surface area contributed by atoms with E-state index in [4.69, 9.17) is 27.6 Å². The molecular weight excluding hydrogens is 423 g/mol. The van der Waals surface area contributed by atoms with Gasteiger partial charge >= 0.3 is 0 Å². The van der Waals surface area contributed by atoms with Gasteiger partial charge in [0.2, 0.25) is 5.91 Å². The number of halogens is 2. The smallest absolute Gasteiger partial charge is 0.220 e. The van der Waals surface area contributed by atoms with Crippen LogP contribution >= 0.6 is 23.2 Å². The number of carbonyl (C=O) groups excluding carboxylic acids is 1. The normalized spacial score (nSPS) is 10.9. The Balaban J connectivity index is 1.28. The van der Waals surface area contributed by atoms with Crippen LogP contribution in [0.2, 0.25) is 10.0 Å². The molecule has 2 aromatic heterocycles. The zero-order chi connectivity index (χ0) is 20.9. The molecule has 0 saturated heterocycles. The maximum atomic E-state index is 12.2. The van der Waals surface area contributed by atoms with Gasteiger partial charge in [-0.05, 0) is 36.4 Å². The van der Waals surface area contributed by atoms with Gasteiger partial charge in [-0.1, -0.05) is 35.3 Å². The number of aromatic nitrogens is 3. The van der Waals surface area contributed by atoms with Crippen molar-refractivity contribution < 1.29 is 9.21 Å². The van der Waals surface area contributed by atoms with Gasteiger partial charge in [0.15, 0.2) is 11.7 Å². The van der Waals surface area contributed by atoms with Crippen LogP contribution in [0.25, 0.3) is 17.0 Å². The van der Waals surface area contributed by atoms with Crippen LogP contribution in [0.3, 0.4) is 0 Å². The van der Waals surface area contributed by atoms with Crippen molar-refractivity contribution in [1.82, 2.24) is 20.1 Å². The highest BCUT2D eigenvalue weighted by molar-refractivity contribution is 6.33. The summed E-state index contributed by atoms with van der Waals surface area (Å²) in [4.78, 5) is 16.4. The molecular formula is C22H18Cl2N4O2. The minimum absolute atomic E-state index is 0.0910. The number of amides is 1. The molecule has 1 N–H and O–H groups in total. The topological polar surface area (TPSA) is 73.0 Å². The predicted molar refractivity (Wildman–Crippen MR) is 116 cm³/mol. The van der Waals surface area contributed by atoms with Crippen molar-refractivity contribution in [2.45, 2.75) is 19.4 Å². The summed E-state index contributed by atoms with van der Waals surface area (Å²) in [6.07, 6.45) is 5.89. The monoisotopic (exact) mass is 440 g/mol. The van der Waals surface area contributed by atoms with Gasteiger partial charge in [-0.2, -0.15) is 5.10 Å². The van der Waals surface area contributed by atoms with Crippen molar-refractivity contribution in [2.24, 2.45) is 0 Å². The lowest BCUT2D eigenvalue weighted by atomic mass is 10.2. The molecule has 1 amide bonds. The maximum absolute atomic E-state index is 12.2. The lowest BCUT2D eigenvalue weighted by Crippen LogP contribution is -2.22. The molecule has 0 aliphatic heterocycles. The van der Waals surface area contributed by atoms with Gasteiger partial charge in [-0.3, -0.25) is 4.79 Å². The molecule has 0 bridgehead atoms. The van der Waals surface area contributed by atoms with Crippen LogP contribution in [-0.4, -0.2) is 20.7 Å². The first-order chi connectivity index (χ1) is 14.6. The molecule has 4 rings (SSSR count). The van der Waals surface area contributed by atoms with Crippen LogP contribution in [0, 0.1) is 0 Å². The number of hydrogen-bond acceptors (Lipinski definition) is 4. The largest absolute Gasteiger partial charge is 0.441 e. The molecule has 2 heterocycles. The highest BCUT2D eigenvalue weighted by Crippen LogP contribution is 2.28. The quantitative estimate of drug-likeness (QED) is 0.434. The lowest BCUT2D eigenvalue weighted by molar-refractivity contribution is -0.121. The SMILES string of the molecule is O=C(CCc1ncc(-c2ccccc2Cl)o1)NCc1cnn(-c2ccc(Cl)cc2)c1. The molecule has 0 unspecified atom stereocenters. The van der Waals surface area contributed by atoms with Crippen LogP contribution in [0.5, 0.6) is 0 Å². The Bertz CT molecular complexity index is 1150. The van der Waals surface area contributed by atoms with E-state index in [1.807, 2.05) is 36.5 Å². The van der Waals surface area contributed by atoms with Crippen LogP contribution in [0.4, 0.5) is 0 Å². The maximum Gasteiger partial charge on any atom is 0.220 e. The highest BCUT2D eigenvalue weighted by atomic mass is 35.5. The average molecular weight is 441 g/mol. The standard InChI is InChI=1S/C22H18Cl2N4O2/c23-16-5-7-17(8-6-16)28-14-15(12-27-28)11-25-21(29)9-10-22-26-13-20(30-22)18-3-1-2-4-19(18)24/h1-8,12-14H,9-11H2,(H,25,29). The molecule has 8 heteroatoms. The van der Waals surface area contributed by atoms with Crippen LogP contribution in [-0.2, 0) is 17.8 Å². The van der Waals surface area contributed by atoms with E-state index < -0.39 is 0 Å². The van der Waals surface area contributed by atoms with E-state index >= 15 is 0 Å². The van der Waals surface area contributed by atoms with E-state index in [-0.39, 0.29) is 12.3 Å². The number of hydrogen-bond donors (Lipinski definition) is 1. The molecule has 0 radical (unpaired) electrons. The Kier molecular flexibility index (Phi) is 6.16. The summed E-state index contributed by atoms with van der Waals surface area (Å²) in [5, 5.41) is 8.46. The van der Waals surface area contributed by atoms with Crippen molar-refractivity contribution in [1.29, 1.82) is 0 Å². The zero-order valence-corrected chi connectivity index (χ0v) is 17.4. The first kappa shape index (κ1) is 20.2. The van der Waals surface area contributed by atoms with Gasteiger partial charge in [-0.15, -0.1) is 0 Å². The predicted octanol–water partition coefficient (Wildman–Crippen LogP) is 5.08. The number of rotatable bonds is 7. The summed E-state index contributed by atoms with van der Waals surface area (Å²) in [5.41, 5.74) is 2.57. The Morgan fingerprint density at radius 2 is 1.87 bits per heavy atom. The van der Waals surface area contributed by atoms with Gasteiger partial charge in [0.05, 0.1) is 23.1 Å². The van der Waals surface area contributed by atoms with E-state index in [1.165, 1.54) is 0 Å². The summed E-state index contributed by atoms with van der Waals surface area (Å²) in [7, 11) is 0. The summed E-state index contributed by atoms with van der Waals surface area (Å²) in [6.45, 7) is 0.392. The molecule has 2 aromatic carbocycles. The van der Waals surface area contributed by atoms with E-state index in [1.54, 1.807) is 35.3 Å². The number of oxazole rings is 1. The van der Waals surface area contributed by atoms with Crippen LogP contribution < -0.4 is 5.32 Å². The summed E-state index contributed by atoms with van der Waals surface area (Å²) >= 11 is 12.1. The number of aryl methyl sites for hydroxylation is 1. The Hall–Kier alpha value is -3.09. The summed E-state index contributed by atoms with van der Waals surface area (Å²) in [6, 6.07) is 14.8. The first-order valence-electron chi connectivity index (χ1n) is 9.34. The number of benzene rings is 2. The third-order valence-corrected chi connectivity index (χ3v) is 5.06. The number of nitrogens with zero attached hydrogens (tertiary/aromatic N) is 3. The van der Waals surface area contributed by atoms with E-state index in [0.717, 1.165) is 16.8 Å². The Labute approximate surface area is 183 Å². The van der Waals surface area contributed by atoms with Crippen molar-refractivity contribution in [2.75, 3.05) is 0 Å². The molecule has 0 spiro atoms. The van der Waals surface area contributed by atoms with Crippen molar-refractivity contribution >= 4 is 29.1 Å². The zero-order valence-electron chi connectivity index (χ0n) is 15.9. The third kappa shape index (κ3) is 4.90. The van der Waals surface area contributed by atoms with Crippen molar-refractivity contribution in [3.05, 3.63) is 88.6 Å². The van der Waals surface area contributed by atoms with Crippen LogP contribution in [0.1, 0.15) is 17.9 Å². The lowest BCUT2D eigenvalue weighted by Gasteiger charge is -2.03. The molecule has 0 saturated carbocycles. The Morgan fingerprint density at radius 1 is 1.07 bits per heavy atom. The molecule has 152 valence electrons. The van der Waals surface area contributed by atoms with Crippen molar-refractivity contribution in [3.63, 3.8) is 0 Å². The summed E-state index contributed by atoms with van der Waals surface area (Å²) < 4.78 is 7.46. The Morgan fingerprint density at radius 3 is 2.67 bits per heavy atom. The van der Waals surface area contributed by atoms with E-state index in [0.29, 0.717) is 34.7 Å². The average Bonchev–Trinajstić information content (AvgIpc) is 3.41. The molecule has 0 aliphatic carbocycles. The van der Waals surface area contributed by atoms with Crippen LogP contribution in [0.15, 0.2) is 71.5 Å². The second-order valence-corrected chi connectivity index (χ2v) is 7.49. The fourth-order valence-electron chi connectivity index (χ4n) is 2.91. The fraction of sp³-hybridized carbons (Fsp3) is 0.136. The minimum atomic E-state index is -0.0910. The second-order valence-electron chi connectivity index (χ2n) is 6.64.